The molecule has 1 aromatic carbocycles. The summed E-state index contributed by atoms with van der Waals surface area (Å²) in [5.74, 6) is 0. The maximum absolute atomic E-state index is 5.91. The molecule has 0 spiro atoms. The minimum absolute atomic E-state index is 0.305. The summed E-state index contributed by atoms with van der Waals surface area (Å²) in [7, 11) is 2.07. The van der Waals surface area contributed by atoms with Gasteiger partial charge in [-0.15, -0.1) is 11.3 Å². The minimum atomic E-state index is 0.305. The summed E-state index contributed by atoms with van der Waals surface area (Å²) in [5.41, 5.74) is 2.35. The number of nitrogens with one attached hydrogen (secondary N) is 1. The summed E-state index contributed by atoms with van der Waals surface area (Å²) in [6, 6.07) is 8.26. The maximum Gasteiger partial charge on any atom is 0.185 e. The number of halogens is 1. The van der Waals surface area contributed by atoms with E-state index in [2.05, 4.69) is 48.6 Å². The van der Waals surface area contributed by atoms with Crippen molar-refractivity contribution in [3.05, 3.63) is 45.9 Å². The molecule has 1 aromatic heterocycles. The highest BCUT2D eigenvalue weighted by Crippen LogP contribution is 2.24. The summed E-state index contributed by atoms with van der Waals surface area (Å²) < 4.78 is 0. The van der Waals surface area contributed by atoms with Crippen LogP contribution in [0.1, 0.15) is 37.6 Å². The van der Waals surface area contributed by atoms with Gasteiger partial charge in [-0.1, -0.05) is 30.7 Å². The number of thiazole rings is 1. The fourth-order valence-corrected chi connectivity index (χ4v) is 3.06. The van der Waals surface area contributed by atoms with Crippen LogP contribution in [0.2, 0.25) is 5.02 Å². The van der Waals surface area contributed by atoms with Gasteiger partial charge in [0.05, 0.1) is 5.69 Å². The first-order valence-electron chi connectivity index (χ1n) is 7.24. The quantitative estimate of drug-likeness (QED) is 0.813. The van der Waals surface area contributed by atoms with Gasteiger partial charge in [0, 0.05) is 30.0 Å². The van der Waals surface area contributed by atoms with E-state index in [9.17, 15) is 0 Å². The number of nitrogens with zero attached hydrogens (tertiary/aromatic N) is 2. The Kier molecular flexibility index (Phi) is 6.03. The highest BCUT2D eigenvalue weighted by molar-refractivity contribution is 7.13. The first kappa shape index (κ1) is 16.3. The molecule has 0 bridgehead atoms. The molecular formula is C16H22ClN3S. The van der Waals surface area contributed by atoms with E-state index in [1.54, 1.807) is 11.3 Å². The van der Waals surface area contributed by atoms with Crippen molar-refractivity contribution >= 4 is 28.1 Å². The lowest BCUT2D eigenvalue weighted by Crippen LogP contribution is -2.20. The minimum Gasteiger partial charge on any atom is -0.347 e. The highest BCUT2D eigenvalue weighted by Gasteiger charge is 2.12. The van der Waals surface area contributed by atoms with Crippen LogP contribution in [0.15, 0.2) is 29.6 Å². The van der Waals surface area contributed by atoms with Gasteiger partial charge in [-0.05, 0) is 37.6 Å². The Balaban J connectivity index is 1.98. The number of hydrogen-bond acceptors (Lipinski definition) is 4. The average Bonchev–Trinajstić information content (AvgIpc) is 2.97. The Morgan fingerprint density at radius 1 is 1.33 bits per heavy atom. The molecule has 0 fully saturated rings. The van der Waals surface area contributed by atoms with Crippen LogP contribution in [0.25, 0.3) is 0 Å². The molecule has 0 saturated heterocycles. The number of hydrogen-bond donors (Lipinski definition) is 1. The Labute approximate surface area is 136 Å². The van der Waals surface area contributed by atoms with Crippen molar-refractivity contribution in [1.82, 2.24) is 10.3 Å². The standard InChI is InChI=1S/C16H22ClN3S/c1-4-9-18-12(2)15-11-21-16(19-15)20(3)10-13-5-7-14(17)8-6-13/h5-8,11-12,18H,4,9-10H2,1-3H3. The molecule has 0 amide bonds. The van der Waals surface area contributed by atoms with Crippen molar-refractivity contribution in [2.24, 2.45) is 0 Å². The second-order valence-corrected chi connectivity index (χ2v) is 6.49. The molecule has 3 nitrogen and oxygen atoms in total. The molecule has 5 heteroatoms. The van der Waals surface area contributed by atoms with Crippen molar-refractivity contribution in [3.8, 4) is 0 Å². The Morgan fingerprint density at radius 3 is 2.71 bits per heavy atom. The zero-order chi connectivity index (χ0) is 15.2. The van der Waals surface area contributed by atoms with Crippen LogP contribution in [0.5, 0.6) is 0 Å². The van der Waals surface area contributed by atoms with Gasteiger partial charge in [0.1, 0.15) is 0 Å². The van der Waals surface area contributed by atoms with Crippen LogP contribution in [0, 0.1) is 0 Å². The Hall–Kier alpha value is -1.10. The first-order chi connectivity index (χ1) is 10.1. The molecule has 0 radical (unpaired) electrons. The molecule has 1 unspecified atom stereocenters. The van der Waals surface area contributed by atoms with Gasteiger partial charge in [-0.3, -0.25) is 0 Å². The lowest BCUT2D eigenvalue weighted by molar-refractivity contribution is 0.561. The zero-order valence-corrected chi connectivity index (χ0v) is 14.3. The predicted octanol–water partition coefficient (Wildman–Crippen LogP) is 4.49. The second kappa shape index (κ2) is 7.78. The first-order valence-corrected chi connectivity index (χ1v) is 8.50. The molecule has 2 aromatic rings. The topological polar surface area (TPSA) is 28.2 Å². The van der Waals surface area contributed by atoms with Crippen molar-refractivity contribution in [2.45, 2.75) is 32.9 Å². The van der Waals surface area contributed by atoms with Crippen molar-refractivity contribution in [1.29, 1.82) is 0 Å². The molecule has 2 rings (SSSR count). The number of anilines is 1. The molecule has 0 aliphatic rings. The van der Waals surface area contributed by atoms with Gasteiger partial charge in [-0.25, -0.2) is 4.98 Å². The molecule has 1 N–H and O–H groups in total. The van der Waals surface area contributed by atoms with Crippen molar-refractivity contribution in [2.75, 3.05) is 18.5 Å². The van der Waals surface area contributed by atoms with Gasteiger partial charge in [0.15, 0.2) is 5.13 Å². The molecule has 21 heavy (non-hydrogen) atoms. The van der Waals surface area contributed by atoms with E-state index >= 15 is 0 Å². The van der Waals surface area contributed by atoms with E-state index in [0.717, 1.165) is 35.4 Å². The molecule has 1 heterocycles. The fraction of sp³-hybridized carbons (Fsp3) is 0.438. The van der Waals surface area contributed by atoms with Gasteiger partial charge >= 0.3 is 0 Å². The summed E-state index contributed by atoms with van der Waals surface area (Å²) in [6.45, 7) is 6.19. The number of benzene rings is 1. The summed E-state index contributed by atoms with van der Waals surface area (Å²) in [5, 5.41) is 7.43. The van der Waals surface area contributed by atoms with Gasteiger partial charge in [0.25, 0.3) is 0 Å². The fourth-order valence-electron chi connectivity index (χ4n) is 2.05. The lowest BCUT2D eigenvalue weighted by atomic mass is 10.2. The van der Waals surface area contributed by atoms with E-state index in [1.165, 1.54) is 5.56 Å². The predicted molar refractivity (Wildman–Crippen MR) is 92.4 cm³/mol. The molecular weight excluding hydrogens is 302 g/mol. The average molecular weight is 324 g/mol. The van der Waals surface area contributed by atoms with Crippen molar-refractivity contribution in [3.63, 3.8) is 0 Å². The van der Waals surface area contributed by atoms with E-state index < -0.39 is 0 Å². The smallest absolute Gasteiger partial charge is 0.185 e. The normalized spacial score (nSPS) is 12.4. The summed E-state index contributed by atoms with van der Waals surface area (Å²) in [6.07, 6.45) is 1.14. The number of aromatic nitrogens is 1. The van der Waals surface area contributed by atoms with Gasteiger partial charge in [-0.2, -0.15) is 0 Å². The number of rotatable bonds is 7. The zero-order valence-electron chi connectivity index (χ0n) is 12.8. The van der Waals surface area contributed by atoms with Crippen LogP contribution in [-0.2, 0) is 6.54 Å². The van der Waals surface area contributed by atoms with Crippen molar-refractivity contribution < 1.29 is 0 Å². The Morgan fingerprint density at radius 2 is 2.05 bits per heavy atom. The van der Waals surface area contributed by atoms with Gasteiger partial charge < -0.3 is 10.2 Å². The third kappa shape index (κ3) is 4.70. The van der Waals surface area contributed by atoms with E-state index in [4.69, 9.17) is 16.6 Å². The van der Waals surface area contributed by atoms with Crippen LogP contribution in [-0.4, -0.2) is 18.6 Å². The lowest BCUT2D eigenvalue weighted by Gasteiger charge is -2.16. The largest absolute Gasteiger partial charge is 0.347 e. The monoisotopic (exact) mass is 323 g/mol. The summed E-state index contributed by atoms with van der Waals surface area (Å²) >= 11 is 7.60. The van der Waals surface area contributed by atoms with Crippen LogP contribution in [0.3, 0.4) is 0 Å². The molecule has 0 aliphatic carbocycles. The van der Waals surface area contributed by atoms with Gasteiger partial charge in [0.2, 0.25) is 0 Å². The third-order valence-electron chi connectivity index (χ3n) is 3.31. The molecule has 1 atom stereocenters. The van der Waals surface area contributed by atoms with Crippen LogP contribution in [0.4, 0.5) is 5.13 Å². The van der Waals surface area contributed by atoms with E-state index in [0.29, 0.717) is 6.04 Å². The molecule has 0 saturated carbocycles. The van der Waals surface area contributed by atoms with E-state index in [-0.39, 0.29) is 0 Å². The Bertz CT molecular complexity index is 553. The second-order valence-electron chi connectivity index (χ2n) is 5.21. The van der Waals surface area contributed by atoms with E-state index in [1.807, 2.05) is 12.1 Å². The third-order valence-corrected chi connectivity index (χ3v) is 4.54. The highest BCUT2D eigenvalue weighted by atomic mass is 35.5. The van der Waals surface area contributed by atoms with Crippen LogP contribution >= 0.6 is 22.9 Å². The maximum atomic E-state index is 5.91. The SMILES string of the molecule is CCCNC(C)c1csc(N(C)Cc2ccc(Cl)cc2)n1. The summed E-state index contributed by atoms with van der Waals surface area (Å²) in [4.78, 5) is 6.90. The van der Waals surface area contributed by atoms with Crippen LogP contribution < -0.4 is 10.2 Å². The molecule has 0 aliphatic heterocycles. The molecule has 114 valence electrons.